The van der Waals surface area contributed by atoms with Gasteiger partial charge in [0.1, 0.15) is 5.75 Å². The molecule has 0 bridgehead atoms. The van der Waals surface area contributed by atoms with Crippen molar-refractivity contribution in [1.82, 2.24) is 10.2 Å². The lowest BCUT2D eigenvalue weighted by Crippen LogP contribution is -2.38. The first-order chi connectivity index (χ1) is 16.0. The summed E-state index contributed by atoms with van der Waals surface area (Å²) in [5, 5.41) is 5.59. The van der Waals surface area contributed by atoms with Gasteiger partial charge >= 0.3 is 5.97 Å². The van der Waals surface area contributed by atoms with Crippen molar-refractivity contribution in [2.24, 2.45) is 4.99 Å². The van der Waals surface area contributed by atoms with Crippen molar-refractivity contribution in [2.45, 2.75) is 25.9 Å². The first kappa shape index (κ1) is 22.7. The fraction of sp³-hybridized carbons (Fsp3) is 0.240. The van der Waals surface area contributed by atoms with Crippen LogP contribution in [0.3, 0.4) is 0 Å². The van der Waals surface area contributed by atoms with E-state index in [9.17, 15) is 9.59 Å². The zero-order valence-electron chi connectivity index (χ0n) is 18.7. The van der Waals surface area contributed by atoms with E-state index in [4.69, 9.17) is 9.47 Å². The molecule has 1 atom stereocenters. The van der Waals surface area contributed by atoms with Crippen molar-refractivity contribution in [3.63, 3.8) is 0 Å². The van der Waals surface area contributed by atoms with Crippen LogP contribution in [-0.2, 0) is 20.9 Å². The fourth-order valence-corrected chi connectivity index (χ4v) is 4.92. The van der Waals surface area contributed by atoms with Gasteiger partial charge in [0, 0.05) is 17.8 Å². The number of nitrogens with zero attached hydrogens (tertiary/aromatic N) is 2. The number of fused-ring (bicyclic) bond motifs is 1. The van der Waals surface area contributed by atoms with E-state index >= 15 is 0 Å². The van der Waals surface area contributed by atoms with Crippen LogP contribution < -0.4 is 10.1 Å². The van der Waals surface area contributed by atoms with Gasteiger partial charge in [0.15, 0.2) is 5.17 Å². The molecular formula is C25H25N3O4S. The third-order valence-corrected chi connectivity index (χ3v) is 6.40. The molecule has 2 aliphatic rings. The third kappa shape index (κ3) is 4.66. The Morgan fingerprint density at radius 3 is 2.55 bits per heavy atom. The Hall–Kier alpha value is -3.52. The molecule has 0 radical (unpaired) electrons. The summed E-state index contributed by atoms with van der Waals surface area (Å²) >= 11 is 1.43. The monoisotopic (exact) mass is 463 g/mol. The maximum atomic E-state index is 12.8. The van der Waals surface area contributed by atoms with E-state index in [1.165, 1.54) is 18.9 Å². The smallest absolute Gasteiger partial charge is 0.338 e. The summed E-state index contributed by atoms with van der Waals surface area (Å²) in [7, 11) is 2.95. The van der Waals surface area contributed by atoms with Gasteiger partial charge in [-0.2, -0.15) is 0 Å². The summed E-state index contributed by atoms with van der Waals surface area (Å²) in [6.45, 7) is 2.24. The van der Waals surface area contributed by atoms with Crippen molar-refractivity contribution in [2.75, 3.05) is 14.2 Å². The molecule has 170 valence electrons. The predicted molar refractivity (Wildman–Crippen MR) is 128 cm³/mol. The SMILES string of the molecule is COC(=O)C1=C(C)N=C2SC=C(CC(=O)NCc3ccccc3)N2[C@@H]1c1ccccc1OC. The van der Waals surface area contributed by atoms with Crippen molar-refractivity contribution >= 4 is 28.8 Å². The number of benzene rings is 2. The number of hydrogen-bond donors (Lipinski definition) is 1. The fourth-order valence-electron chi connectivity index (χ4n) is 3.95. The van der Waals surface area contributed by atoms with Gasteiger partial charge in [-0.1, -0.05) is 60.3 Å². The second kappa shape index (κ2) is 9.95. The minimum absolute atomic E-state index is 0.114. The molecule has 7 nitrogen and oxygen atoms in total. The molecule has 2 aliphatic heterocycles. The van der Waals surface area contributed by atoms with Crippen molar-refractivity contribution < 1.29 is 19.1 Å². The van der Waals surface area contributed by atoms with E-state index in [2.05, 4.69) is 10.3 Å². The van der Waals surface area contributed by atoms with Crippen LogP contribution in [0.5, 0.6) is 5.75 Å². The Labute approximate surface area is 197 Å². The Bertz CT molecular complexity index is 1160. The average Bonchev–Trinajstić information content (AvgIpc) is 3.23. The van der Waals surface area contributed by atoms with Crippen molar-refractivity contribution in [3.05, 3.63) is 88.1 Å². The van der Waals surface area contributed by atoms with Crippen LogP contribution in [-0.4, -0.2) is 36.2 Å². The summed E-state index contributed by atoms with van der Waals surface area (Å²) in [6.07, 6.45) is 0.151. The number of carbonyl (C=O) groups is 2. The Kier molecular flexibility index (Phi) is 6.84. The van der Waals surface area contributed by atoms with Gasteiger partial charge in [-0.05, 0) is 24.0 Å². The normalized spacial score (nSPS) is 17.2. The van der Waals surface area contributed by atoms with E-state index in [0.717, 1.165) is 16.8 Å². The van der Waals surface area contributed by atoms with E-state index in [-0.39, 0.29) is 12.3 Å². The number of carbonyl (C=O) groups excluding carboxylic acids is 2. The standard InChI is InChI=1S/C25H25N3O4S/c1-16-22(24(30)32-3)23(19-11-7-8-12-20(19)31-2)28-18(15-33-25(28)27-16)13-21(29)26-14-17-9-5-4-6-10-17/h4-12,15,23H,13-14H2,1-3H3,(H,26,29)/t23-/m1/s1. The number of amides is 1. The van der Waals surface area contributed by atoms with Crippen LogP contribution in [0.4, 0.5) is 0 Å². The number of rotatable bonds is 7. The second-order valence-electron chi connectivity index (χ2n) is 7.57. The number of para-hydroxylation sites is 1. The predicted octanol–water partition coefficient (Wildman–Crippen LogP) is 4.15. The number of thioether (sulfide) groups is 1. The number of amidine groups is 1. The van der Waals surface area contributed by atoms with E-state index in [0.29, 0.717) is 28.7 Å². The molecule has 2 aromatic rings. The lowest BCUT2D eigenvalue weighted by Gasteiger charge is -2.36. The lowest BCUT2D eigenvalue weighted by molar-refractivity contribution is -0.136. The van der Waals surface area contributed by atoms with E-state index < -0.39 is 12.0 Å². The summed E-state index contributed by atoms with van der Waals surface area (Å²) in [6, 6.07) is 16.8. The Morgan fingerprint density at radius 2 is 1.82 bits per heavy atom. The topological polar surface area (TPSA) is 80.2 Å². The number of esters is 1. The highest BCUT2D eigenvalue weighted by Crippen LogP contribution is 2.46. The molecule has 0 saturated carbocycles. The average molecular weight is 464 g/mol. The number of aliphatic imine (C=N–C) groups is 1. The quantitative estimate of drug-likeness (QED) is 0.622. The Morgan fingerprint density at radius 1 is 1.09 bits per heavy atom. The highest BCUT2D eigenvalue weighted by Gasteiger charge is 2.42. The number of hydrogen-bond acceptors (Lipinski definition) is 7. The van der Waals surface area contributed by atoms with Crippen LogP contribution in [0, 0.1) is 0 Å². The molecular weight excluding hydrogens is 438 g/mol. The van der Waals surface area contributed by atoms with Gasteiger partial charge in [0.05, 0.1) is 38.0 Å². The first-order valence-corrected chi connectivity index (χ1v) is 11.4. The molecule has 1 N–H and O–H groups in total. The highest BCUT2D eigenvalue weighted by atomic mass is 32.2. The molecule has 0 spiro atoms. The molecule has 2 aromatic carbocycles. The lowest BCUT2D eigenvalue weighted by atomic mass is 9.93. The van der Waals surface area contributed by atoms with Gasteiger partial charge in [0.2, 0.25) is 5.91 Å². The van der Waals surface area contributed by atoms with E-state index in [1.807, 2.05) is 64.9 Å². The molecule has 4 rings (SSSR count). The number of allylic oxidation sites excluding steroid dienone is 1. The van der Waals surface area contributed by atoms with Gasteiger partial charge in [-0.3, -0.25) is 4.79 Å². The molecule has 8 heteroatoms. The van der Waals surface area contributed by atoms with Gasteiger partial charge in [-0.25, -0.2) is 9.79 Å². The maximum Gasteiger partial charge on any atom is 0.338 e. The van der Waals surface area contributed by atoms with Crippen LogP contribution in [0.2, 0.25) is 0 Å². The zero-order valence-corrected chi connectivity index (χ0v) is 19.5. The molecule has 0 unspecified atom stereocenters. The Balaban J connectivity index is 1.64. The summed E-state index contributed by atoms with van der Waals surface area (Å²) in [5.41, 5.74) is 3.59. The third-order valence-electron chi connectivity index (χ3n) is 5.51. The molecule has 33 heavy (non-hydrogen) atoms. The van der Waals surface area contributed by atoms with Crippen LogP contribution >= 0.6 is 11.8 Å². The molecule has 0 aliphatic carbocycles. The molecule has 0 aromatic heterocycles. The molecule has 0 fully saturated rings. The van der Waals surface area contributed by atoms with E-state index in [1.54, 1.807) is 14.0 Å². The van der Waals surface area contributed by atoms with Crippen molar-refractivity contribution in [1.29, 1.82) is 0 Å². The first-order valence-electron chi connectivity index (χ1n) is 10.5. The second-order valence-corrected chi connectivity index (χ2v) is 8.40. The molecule has 1 amide bonds. The van der Waals surface area contributed by atoms with Gasteiger partial charge in [-0.15, -0.1) is 0 Å². The zero-order chi connectivity index (χ0) is 23.4. The van der Waals surface area contributed by atoms with Crippen LogP contribution in [0.1, 0.15) is 30.5 Å². The summed E-state index contributed by atoms with van der Waals surface area (Å²) in [4.78, 5) is 32.2. The van der Waals surface area contributed by atoms with Crippen LogP contribution in [0.25, 0.3) is 0 Å². The number of methoxy groups -OCH3 is 2. The minimum atomic E-state index is -0.524. The number of nitrogens with one attached hydrogen (secondary N) is 1. The van der Waals surface area contributed by atoms with Gasteiger partial charge in [0.25, 0.3) is 0 Å². The summed E-state index contributed by atoms with van der Waals surface area (Å²) < 4.78 is 10.7. The minimum Gasteiger partial charge on any atom is -0.496 e. The van der Waals surface area contributed by atoms with Crippen molar-refractivity contribution in [3.8, 4) is 5.75 Å². The largest absolute Gasteiger partial charge is 0.496 e. The van der Waals surface area contributed by atoms with Gasteiger partial charge < -0.3 is 19.7 Å². The highest BCUT2D eigenvalue weighted by molar-refractivity contribution is 8.16. The van der Waals surface area contributed by atoms with Crippen LogP contribution in [0.15, 0.2) is 82.0 Å². The molecule has 0 saturated heterocycles. The molecule has 2 heterocycles. The summed E-state index contributed by atoms with van der Waals surface area (Å²) in [5.74, 6) is 0.0651. The maximum absolute atomic E-state index is 12.8. The number of ether oxygens (including phenoxy) is 2.